The van der Waals surface area contributed by atoms with E-state index in [1.807, 2.05) is 0 Å². The fraction of sp³-hybridized carbons (Fsp3) is 0.167. The summed E-state index contributed by atoms with van der Waals surface area (Å²) in [6, 6.07) is 10.1. The molecule has 0 unspecified atom stereocenters. The highest BCUT2D eigenvalue weighted by Crippen LogP contribution is 2.25. The number of benzene rings is 2. The molecular weight excluding hydrogens is 420 g/mol. The lowest BCUT2D eigenvalue weighted by atomic mass is 10.1. The summed E-state index contributed by atoms with van der Waals surface area (Å²) in [5.41, 5.74) is -0.239. The van der Waals surface area contributed by atoms with Crippen molar-refractivity contribution in [2.45, 2.75) is 24.3 Å². The highest BCUT2D eigenvalue weighted by molar-refractivity contribution is 7.86. The molecule has 0 aliphatic carbocycles. The van der Waals surface area contributed by atoms with Crippen LogP contribution in [0.5, 0.6) is 0 Å². The standard InChI is InChI=1S/C18H14N2O9S/c21-16-9-10-17(22)19(16)29-18(23)13-7-5-12(6-8-13)11-28-30(26,27)15-4-2-1-3-14(15)20(24)25/h1-8H,9-11H2. The van der Waals surface area contributed by atoms with Crippen LogP contribution in [0.3, 0.4) is 0 Å². The largest absolute Gasteiger partial charge is 0.363 e. The van der Waals surface area contributed by atoms with Gasteiger partial charge in [-0.2, -0.15) is 8.42 Å². The average molecular weight is 434 g/mol. The van der Waals surface area contributed by atoms with Crippen molar-refractivity contribution in [2.24, 2.45) is 0 Å². The lowest BCUT2D eigenvalue weighted by Gasteiger charge is -2.12. The van der Waals surface area contributed by atoms with Crippen LogP contribution in [0, 0.1) is 10.1 Å². The first-order valence-electron chi connectivity index (χ1n) is 8.49. The van der Waals surface area contributed by atoms with Crippen LogP contribution in [-0.2, 0) is 35.3 Å². The molecule has 2 aromatic carbocycles. The molecule has 0 bridgehead atoms. The fourth-order valence-corrected chi connectivity index (χ4v) is 3.62. The van der Waals surface area contributed by atoms with Crippen LogP contribution in [0.25, 0.3) is 0 Å². The number of imide groups is 1. The van der Waals surface area contributed by atoms with Crippen molar-refractivity contribution in [3.63, 3.8) is 0 Å². The molecule has 2 amide bonds. The summed E-state index contributed by atoms with van der Waals surface area (Å²) in [7, 11) is -4.40. The molecule has 3 rings (SSSR count). The monoisotopic (exact) mass is 434 g/mol. The number of carbonyl (C=O) groups is 3. The van der Waals surface area contributed by atoms with E-state index in [0.29, 0.717) is 10.6 Å². The maximum absolute atomic E-state index is 12.3. The van der Waals surface area contributed by atoms with Crippen LogP contribution in [0.2, 0.25) is 0 Å². The third-order valence-corrected chi connectivity index (χ3v) is 5.39. The van der Waals surface area contributed by atoms with Gasteiger partial charge in [0.25, 0.3) is 17.5 Å². The van der Waals surface area contributed by atoms with Gasteiger partial charge in [0.1, 0.15) is 0 Å². The Hall–Kier alpha value is -3.64. The van der Waals surface area contributed by atoms with Crippen molar-refractivity contribution in [3.05, 3.63) is 69.8 Å². The Morgan fingerprint density at radius 3 is 2.23 bits per heavy atom. The van der Waals surface area contributed by atoms with Gasteiger partial charge in [0.2, 0.25) is 0 Å². The summed E-state index contributed by atoms with van der Waals surface area (Å²) in [5, 5.41) is 11.4. The van der Waals surface area contributed by atoms with Crippen LogP contribution in [0.4, 0.5) is 5.69 Å². The zero-order chi connectivity index (χ0) is 21.9. The molecule has 0 aromatic heterocycles. The molecule has 1 aliphatic rings. The predicted octanol–water partition coefficient (Wildman–Crippen LogP) is 1.72. The first-order valence-corrected chi connectivity index (χ1v) is 9.90. The molecule has 1 heterocycles. The normalized spacial score (nSPS) is 14.1. The van der Waals surface area contributed by atoms with E-state index in [1.165, 1.54) is 36.4 Å². The summed E-state index contributed by atoms with van der Waals surface area (Å²) in [5.74, 6) is -2.16. The number of rotatable bonds is 7. The highest BCUT2D eigenvalue weighted by atomic mass is 32.2. The number of hydrogen-bond acceptors (Lipinski definition) is 9. The SMILES string of the molecule is O=C(ON1C(=O)CCC1=O)c1ccc(COS(=O)(=O)c2ccccc2[N+](=O)[O-])cc1. The van der Waals surface area contributed by atoms with Gasteiger partial charge in [0, 0.05) is 18.9 Å². The van der Waals surface area contributed by atoms with E-state index in [0.717, 1.165) is 12.1 Å². The Morgan fingerprint density at radius 2 is 1.63 bits per heavy atom. The summed E-state index contributed by atoms with van der Waals surface area (Å²) < 4.78 is 29.5. The Balaban J connectivity index is 1.66. The molecule has 1 fully saturated rings. The molecule has 11 nitrogen and oxygen atoms in total. The first-order chi connectivity index (χ1) is 14.2. The van der Waals surface area contributed by atoms with E-state index in [9.17, 15) is 32.9 Å². The number of nitro benzene ring substituents is 1. The van der Waals surface area contributed by atoms with Crippen molar-refractivity contribution < 1.29 is 36.7 Å². The molecular formula is C18H14N2O9S. The Kier molecular flexibility index (Phi) is 5.89. The molecule has 30 heavy (non-hydrogen) atoms. The molecule has 1 saturated heterocycles. The third-order valence-electron chi connectivity index (χ3n) is 4.08. The average Bonchev–Trinajstić information content (AvgIpc) is 3.04. The molecule has 2 aromatic rings. The van der Waals surface area contributed by atoms with Crippen molar-refractivity contribution >= 4 is 33.6 Å². The van der Waals surface area contributed by atoms with E-state index < -0.39 is 50.0 Å². The lowest BCUT2D eigenvalue weighted by molar-refractivity contribution is -0.387. The third kappa shape index (κ3) is 4.50. The minimum absolute atomic E-state index is 0.0211. The second-order valence-corrected chi connectivity index (χ2v) is 7.68. The minimum atomic E-state index is -4.40. The summed E-state index contributed by atoms with van der Waals surface area (Å²) in [6.07, 6.45) is -0.0626. The van der Waals surface area contributed by atoms with Crippen molar-refractivity contribution in [2.75, 3.05) is 0 Å². The first kappa shape index (κ1) is 21.1. The highest BCUT2D eigenvalue weighted by Gasteiger charge is 2.33. The van der Waals surface area contributed by atoms with Crippen LogP contribution in [0.1, 0.15) is 28.8 Å². The number of hydrogen-bond donors (Lipinski definition) is 0. The van der Waals surface area contributed by atoms with Crippen LogP contribution in [-0.4, -0.2) is 36.2 Å². The number of nitro groups is 1. The zero-order valence-electron chi connectivity index (χ0n) is 15.2. The zero-order valence-corrected chi connectivity index (χ0v) is 16.0. The van der Waals surface area contributed by atoms with Gasteiger partial charge in [0.05, 0.1) is 17.1 Å². The summed E-state index contributed by atoms with van der Waals surface area (Å²) in [4.78, 5) is 49.4. The van der Waals surface area contributed by atoms with E-state index >= 15 is 0 Å². The maximum atomic E-state index is 12.3. The number of para-hydroxylation sites is 1. The quantitative estimate of drug-likeness (QED) is 0.274. The molecule has 0 N–H and O–H groups in total. The molecule has 0 saturated carbocycles. The van der Waals surface area contributed by atoms with Gasteiger partial charge in [-0.1, -0.05) is 24.3 Å². The van der Waals surface area contributed by atoms with Gasteiger partial charge in [-0.05, 0) is 23.8 Å². The Labute approximate surface area is 170 Å². The fourth-order valence-electron chi connectivity index (χ4n) is 2.56. The van der Waals surface area contributed by atoms with E-state index in [1.54, 1.807) is 0 Å². The van der Waals surface area contributed by atoms with Gasteiger partial charge in [-0.15, -0.1) is 5.06 Å². The van der Waals surface area contributed by atoms with E-state index in [2.05, 4.69) is 0 Å². The number of nitrogens with zero attached hydrogens (tertiary/aromatic N) is 2. The summed E-state index contributed by atoms with van der Waals surface area (Å²) in [6.45, 7) is -0.438. The van der Waals surface area contributed by atoms with Gasteiger partial charge >= 0.3 is 16.1 Å². The Bertz CT molecular complexity index is 1110. The second kappa shape index (κ2) is 8.39. The van der Waals surface area contributed by atoms with Crippen LogP contribution in [0.15, 0.2) is 53.4 Å². The van der Waals surface area contributed by atoms with Crippen LogP contribution >= 0.6 is 0 Å². The number of hydroxylamine groups is 2. The van der Waals surface area contributed by atoms with Gasteiger partial charge in [-0.25, -0.2) is 4.79 Å². The van der Waals surface area contributed by atoms with Gasteiger partial charge in [-0.3, -0.25) is 23.9 Å². The van der Waals surface area contributed by atoms with Gasteiger partial charge in [0.15, 0.2) is 4.90 Å². The van der Waals surface area contributed by atoms with Crippen molar-refractivity contribution in [3.8, 4) is 0 Å². The van der Waals surface area contributed by atoms with Crippen molar-refractivity contribution in [1.29, 1.82) is 0 Å². The lowest BCUT2D eigenvalue weighted by Crippen LogP contribution is -2.32. The smallest absolute Gasteiger partial charge is 0.325 e. The van der Waals surface area contributed by atoms with Crippen molar-refractivity contribution in [1.82, 2.24) is 5.06 Å². The molecule has 0 atom stereocenters. The minimum Gasteiger partial charge on any atom is -0.325 e. The Morgan fingerprint density at radius 1 is 1.03 bits per heavy atom. The predicted molar refractivity (Wildman–Crippen MR) is 98.0 cm³/mol. The molecule has 0 spiro atoms. The second-order valence-electron chi connectivity index (χ2n) is 6.10. The topological polar surface area (TPSA) is 150 Å². The molecule has 0 radical (unpaired) electrons. The number of amides is 2. The summed E-state index contributed by atoms with van der Waals surface area (Å²) >= 11 is 0. The molecule has 156 valence electrons. The molecule has 1 aliphatic heterocycles. The van der Waals surface area contributed by atoms with E-state index in [4.69, 9.17) is 9.02 Å². The van der Waals surface area contributed by atoms with E-state index in [-0.39, 0.29) is 18.4 Å². The molecule has 12 heteroatoms. The van der Waals surface area contributed by atoms with Crippen LogP contribution < -0.4 is 0 Å². The van der Waals surface area contributed by atoms with Gasteiger partial charge < -0.3 is 4.84 Å². The number of carbonyl (C=O) groups excluding carboxylic acids is 3. The maximum Gasteiger partial charge on any atom is 0.363 e.